The van der Waals surface area contributed by atoms with Crippen LogP contribution in [-0.4, -0.2) is 26.8 Å². The van der Waals surface area contributed by atoms with E-state index in [0.29, 0.717) is 0 Å². The van der Waals surface area contributed by atoms with Crippen LogP contribution in [0.2, 0.25) is 0 Å². The number of nitrogens with zero attached hydrogens (tertiary/aromatic N) is 4. The van der Waals surface area contributed by atoms with Crippen LogP contribution >= 0.6 is 22.6 Å². The van der Waals surface area contributed by atoms with Crippen LogP contribution in [0.1, 0.15) is 19.0 Å². The molecule has 6 heteroatoms. The number of aryl methyl sites for hydroxylation is 2. The lowest BCUT2D eigenvalue weighted by atomic mass is 10.2. The Balaban J connectivity index is 2.51. The lowest BCUT2D eigenvalue weighted by Crippen LogP contribution is -2.05. The molecule has 96 valence electrons. The molecular formula is C12H16IN5. The van der Waals surface area contributed by atoms with Gasteiger partial charge in [0.1, 0.15) is 5.82 Å². The highest BCUT2D eigenvalue weighted by atomic mass is 127. The molecule has 0 radical (unpaired) electrons. The summed E-state index contributed by atoms with van der Waals surface area (Å²) in [5.41, 5.74) is 2.04. The maximum absolute atomic E-state index is 4.64. The van der Waals surface area contributed by atoms with Crippen LogP contribution in [-0.2, 0) is 13.5 Å². The minimum atomic E-state index is 0.733. The van der Waals surface area contributed by atoms with Crippen molar-refractivity contribution in [2.45, 2.75) is 19.8 Å². The monoisotopic (exact) mass is 357 g/mol. The summed E-state index contributed by atoms with van der Waals surface area (Å²) in [6.07, 6.45) is 5.75. The van der Waals surface area contributed by atoms with E-state index in [0.717, 1.165) is 39.3 Å². The fourth-order valence-electron chi connectivity index (χ4n) is 1.73. The van der Waals surface area contributed by atoms with E-state index in [9.17, 15) is 0 Å². The molecule has 0 unspecified atom stereocenters. The zero-order valence-electron chi connectivity index (χ0n) is 10.7. The van der Waals surface area contributed by atoms with Crippen molar-refractivity contribution in [1.29, 1.82) is 0 Å². The van der Waals surface area contributed by atoms with Gasteiger partial charge in [0.25, 0.3) is 0 Å². The summed E-state index contributed by atoms with van der Waals surface area (Å²) in [4.78, 5) is 9.18. The summed E-state index contributed by atoms with van der Waals surface area (Å²) in [6, 6.07) is 0. The molecule has 0 aromatic carbocycles. The molecule has 0 fully saturated rings. The third-order valence-electron chi connectivity index (χ3n) is 2.61. The van der Waals surface area contributed by atoms with E-state index < -0.39 is 0 Å². The quantitative estimate of drug-likeness (QED) is 0.855. The first-order valence-corrected chi connectivity index (χ1v) is 6.96. The fourth-order valence-corrected chi connectivity index (χ4v) is 2.51. The molecule has 0 saturated heterocycles. The topological polar surface area (TPSA) is 55.6 Å². The van der Waals surface area contributed by atoms with Crippen LogP contribution in [0.25, 0.3) is 11.4 Å². The van der Waals surface area contributed by atoms with Crippen molar-refractivity contribution >= 4 is 28.4 Å². The van der Waals surface area contributed by atoms with Crippen LogP contribution in [0, 0.1) is 3.57 Å². The normalized spacial score (nSPS) is 10.7. The van der Waals surface area contributed by atoms with E-state index in [4.69, 9.17) is 0 Å². The predicted molar refractivity (Wildman–Crippen MR) is 80.5 cm³/mol. The van der Waals surface area contributed by atoms with Gasteiger partial charge in [-0.3, -0.25) is 4.68 Å². The van der Waals surface area contributed by atoms with Crippen LogP contribution in [0.3, 0.4) is 0 Å². The van der Waals surface area contributed by atoms with Crippen LogP contribution in [0.15, 0.2) is 12.4 Å². The van der Waals surface area contributed by atoms with E-state index in [2.05, 4.69) is 49.9 Å². The van der Waals surface area contributed by atoms with Crippen molar-refractivity contribution in [3.63, 3.8) is 0 Å². The lowest BCUT2D eigenvalue weighted by molar-refractivity contribution is 0.768. The van der Waals surface area contributed by atoms with Crippen molar-refractivity contribution in [2.75, 3.05) is 12.4 Å². The summed E-state index contributed by atoms with van der Waals surface area (Å²) >= 11 is 2.30. The Morgan fingerprint density at radius 1 is 1.39 bits per heavy atom. The van der Waals surface area contributed by atoms with Crippen LogP contribution < -0.4 is 5.32 Å². The largest absolute Gasteiger partial charge is 0.372 e. The van der Waals surface area contributed by atoms with Gasteiger partial charge in [-0.2, -0.15) is 5.10 Å². The highest BCUT2D eigenvalue weighted by Crippen LogP contribution is 2.24. The minimum absolute atomic E-state index is 0.733. The molecule has 0 bridgehead atoms. The Morgan fingerprint density at radius 2 is 2.17 bits per heavy atom. The third-order valence-corrected chi connectivity index (χ3v) is 3.74. The maximum atomic E-state index is 4.64. The van der Waals surface area contributed by atoms with Crippen molar-refractivity contribution in [3.8, 4) is 11.4 Å². The molecule has 2 aromatic rings. The summed E-state index contributed by atoms with van der Waals surface area (Å²) in [5.74, 6) is 1.62. The highest BCUT2D eigenvalue weighted by molar-refractivity contribution is 14.1. The zero-order chi connectivity index (χ0) is 13.1. The second kappa shape index (κ2) is 5.64. The minimum Gasteiger partial charge on any atom is -0.372 e. The number of aromatic nitrogens is 4. The Morgan fingerprint density at radius 3 is 2.72 bits per heavy atom. The number of rotatable bonds is 4. The molecule has 1 N–H and O–H groups in total. The van der Waals surface area contributed by atoms with Gasteiger partial charge in [-0.1, -0.05) is 13.3 Å². The van der Waals surface area contributed by atoms with E-state index >= 15 is 0 Å². The first-order chi connectivity index (χ1) is 8.65. The zero-order valence-corrected chi connectivity index (χ0v) is 12.9. The molecule has 0 aliphatic carbocycles. The predicted octanol–water partition coefficient (Wildman–Crippen LogP) is 2.48. The van der Waals surface area contributed by atoms with Crippen molar-refractivity contribution < 1.29 is 0 Å². The molecule has 0 amide bonds. The van der Waals surface area contributed by atoms with E-state index in [1.54, 1.807) is 10.9 Å². The Hall–Kier alpha value is -1.18. The van der Waals surface area contributed by atoms with Gasteiger partial charge >= 0.3 is 0 Å². The maximum Gasteiger partial charge on any atom is 0.165 e. The standard InChI is InChI=1S/C12H16IN5/c1-4-5-9-10(13)12(14-2)17-11(16-9)8-6-15-18(3)7-8/h6-7H,4-5H2,1-3H3,(H,14,16,17). The van der Waals surface area contributed by atoms with Gasteiger partial charge in [0.2, 0.25) is 0 Å². The number of hydrogen-bond donors (Lipinski definition) is 1. The van der Waals surface area contributed by atoms with Gasteiger partial charge in [0, 0.05) is 20.3 Å². The SMILES string of the molecule is CCCc1nc(-c2cnn(C)c2)nc(NC)c1I. The second-order valence-corrected chi connectivity index (χ2v) is 5.14. The van der Waals surface area contributed by atoms with Crippen molar-refractivity contribution in [3.05, 3.63) is 21.7 Å². The van der Waals surface area contributed by atoms with Crippen LogP contribution in [0.5, 0.6) is 0 Å². The number of halogens is 1. The van der Waals surface area contributed by atoms with E-state index in [1.165, 1.54) is 0 Å². The fraction of sp³-hybridized carbons (Fsp3) is 0.417. The number of nitrogens with one attached hydrogen (secondary N) is 1. The molecule has 0 aliphatic rings. The van der Waals surface area contributed by atoms with Gasteiger partial charge in [0.05, 0.1) is 21.0 Å². The molecule has 2 rings (SSSR count). The molecule has 0 saturated carbocycles. The van der Waals surface area contributed by atoms with Gasteiger partial charge < -0.3 is 5.32 Å². The highest BCUT2D eigenvalue weighted by Gasteiger charge is 2.12. The first-order valence-electron chi connectivity index (χ1n) is 5.89. The Kier molecular flexibility index (Phi) is 4.15. The number of hydrogen-bond acceptors (Lipinski definition) is 4. The lowest BCUT2D eigenvalue weighted by Gasteiger charge is -2.09. The van der Waals surface area contributed by atoms with Gasteiger partial charge in [-0.15, -0.1) is 0 Å². The van der Waals surface area contributed by atoms with Crippen molar-refractivity contribution in [2.24, 2.45) is 7.05 Å². The summed E-state index contributed by atoms with van der Waals surface area (Å²) in [6.45, 7) is 2.15. The van der Waals surface area contributed by atoms with Gasteiger partial charge in [-0.25, -0.2) is 9.97 Å². The average molecular weight is 357 g/mol. The third kappa shape index (κ3) is 2.63. The smallest absolute Gasteiger partial charge is 0.165 e. The summed E-state index contributed by atoms with van der Waals surface area (Å²) in [7, 11) is 3.77. The van der Waals surface area contributed by atoms with E-state index in [-0.39, 0.29) is 0 Å². The van der Waals surface area contributed by atoms with Gasteiger partial charge in [-0.05, 0) is 29.0 Å². The molecule has 18 heavy (non-hydrogen) atoms. The molecule has 0 aliphatic heterocycles. The Labute approximate surface area is 120 Å². The summed E-state index contributed by atoms with van der Waals surface area (Å²) in [5, 5.41) is 7.29. The molecule has 0 spiro atoms. The Bertz CT molecular complexity index is 549. The summed E-state index contributed by atoms with van der Waals surface area (Å²) < 4.78 is 2.86. The molecule has 5 nitrogen and oxygen atoms in total. The second-order valence-electron chi connectivity index (χ2n) is 4.06. The van der Waals surface area contributed by atoms with E-state index in [1.807, 2.05) is 20.3 Å². The first kappa shape index (κ1) is 13.3. The molecule has 2 aromatic heterocycles. The number of anilines is 1. The van der Waals surface area contributed by atoms with Crippen molar-refractivity contribution in [1.82, 2.24) is 19.7 Å². The van der Waals surface area contributed by atoms with Crippen LogP contribution in [0.4, 0.5) is 5.82 Å². The molecule has 2 heterocycles. The average Bonchev–Trinajstić information content (AvgIpc) is 2.79. The molecular weight excluding hydrogens is 341 g/mol. The van der Waals surface area contributed by atoms with Gasteiger partial charge in [0.15, 0.2) is 5.82 Å². The molecule has 0 atom stereocenters.